The Bertz CT molecular complexity index is 781. The number of urea groups is 1. The summed E-state index contributed by atoms with van der Waals surface area (Å²) >= 11 is 0. The summed E-state index contributed by atoms with van der Waals surface area (Å²) in [6.45, 7) is 7.52. The Kier molecular flexibility index (Phi) is 3.87. The third kappa shape index (κ3) is 2.66. The van der Waals surface area contributed by atoms with Gasteiger partial charge in [-0.05, 0) is 19.4 Å². The fraction of sp³-hybridized carbons (Fsp3) is 0.412. The van der Waals surface area contributed by atoms with Crippen LogP contribution in [-0.2, 0) is 16.9 Å². The summed E-state index contributed by atoms with van der Waals surface area (Å²) in [6, 6.07) is 7.07. The number of nitrogens with one attached hydrogen (secondary N) is 1. The molecule has 2 aromatic rings. The molecule has 1 atom stereocenters. The first kappa shape index (κ1) is 16.2. The fourth-order valence-electron chi connectivity index (χ4n) is 2.63. The van der Waals surface area contributed by atoms with Crippen LogP contribution >= 0.6 is 0 Å². The van der Waals surface area contributed by atoms with Gasteiger partial charge in [-0.1, -0.05) is 48.8 Å². The van der Waals surface area contributed by atoms with Crippen LogP contribution in [0, 0.1) is 6.92 Å². The van der Waals surface area contributed by atoms with Crippen molar-refractivity contribution in [3.63, 3.8) is 0 Å². The van der Waals surface area contributed by atoms with Crippen molar-refractivity contribution >= 4 is 11.9 Å². The lowest BCUT2D eigenvalue weighted by Gasteiger charge is -2.22. The van der Waals surface area contributed by atoms with Crippen LogP contribution in [0.3, 0.4) is 0 Å². The lowest BCUT2D eigenvalue weighted by molar-refractivity contribution is -0.131. The van der Waals surface area contributed by atoms with Crippen molar-refractivity contribution in [1.29, 1.82) is 0 Å². The largest absolute Gasteiger partial charge is 0.339 e. The van der Waals surface area contributed by atoms with Gasteiger partial charge >= 0.3 is 6.03 Å². The molecule has 1 N–H and O–H groups in total. The average Bonchev–Trinajstić information content (AvgIpc) is 3.08. The Morgan fingerprint density at radius 1 is 1.25 bits per heavy atom. The average molecular weight is 328 g/mol. The van der Waals surface area contributed by atoms with Crippen LogP contribution < -0.4 is 5.32 Å². The Balaban J connectivity index is 1.84. The van der Waals surface area contributed by atoms with Gasteiger partial charge < -0.3 is 9.84 Å². The van der Waals surface area contributed by atoms with Gasteiger partial charge in [-0.25, -0.2) is 4.79 Å². The molecule has 126 valence electrons. The SMILES string of the molecule is Cc1ccc(C2(C)NC(=O)N(Cc3noc(C(C)C)n3)C2=O)cc1. The fourth-order valence-corrected chi connectivity index (χ4v) is 2.63. The van der Waals surface area contributed by atoms with E-state index in [-0.39, 0.29) is 18.4 Å². The first-order chi connectivity index (χ1) is 11.3. The minimum Gasteiger partial charge on any atom is -0.339 e. The molecule has 1 aromatic carbocycles. The van der Waals surface area contributed by atoms with Gasteiger partial charge in [0.15, 0.2) is 5.82 Å². The van der Waals surface area contributed by atoms with Gasteiger partial charge in [-0.3, -0.25) is 9.69 Å². The molecular formula is C17H20N4O3. The zero-order valence-corrected chi connectivity index (χ0v) is 14.2. The van der Waals surface area contributed by atoms with Crippen LogP contribution in [0.4, 0.5) is 4.79 Å². The van der Waals surface area contributed by atoms with E-state index in [0.717, 1.165) is 16.0 Å². The van der Waals surface area contributed by atoms with E-state index in [2.05, 4.69) is 15.5 Å². The van der Waals surface area contributed by atoms with Gasteiger partial charge in [0, 0.05) is 5.92 Å². The maximum absolute atomic E-state index is 12.8. The number of aromatic nitrogens is 2. The molecule has 1 aromatic heterocycles. The second-order valence-corrected chi connectivity index (χ2v) is 6.52. The summed E-state index contributed by atoms with van der Waals surface area (Å²) in [5, 5.41) is 6.61. The van der Waals surface area contributed by atoms with Crippen molar-refractivity contribution in [2.75, 3.05) is 0 Å². The number of rotatable bonds is 4. The highest BCUT2D eigenvalue weighted by Gasteiger charge is 2.49. The van der Waals surface area contributed by atoms with E-state index in [1.165, 1.54) is 0 Å². The second-order valence-electron chi connectivity index (χ2n) is 6.52. The summed E-state index contributed by atoms with van der Waals surface area (Å²) in [5.74, 6) is 0.563. The molecule has 7 heteroatoms. The molecular weight excluding hydrogens is 308 g/mol. The molecule has 0 radical (unpaired) electrons. The number of imide groups is 1. The zero-order valence-electron chi connectivity index (χ0n) is 14.2. The molecule has 2 heterocycles. The predicted molar refractivity (Wildman–Crippen MR) is 86.0 cm³/mol. The van der Waals surface area contributed by atoms with Crippen molar-refractivity contribution < 1.29 is 14.1 Å². The van der Waals surface area contributed by atoms with Crippen LogP contribution in [0.25, 0.3) is 0 Å². The van der Waals surface area contributed by atoms with Crippen molar-refractivity contribution in [2.24, 2.45) is 0 Å². The highest BCUT2D eigenvalue weighted by Crippen LogP contribution is 2.29. The lowest BCUT2D eigenvalue weighted by Crippen LogP contribution is -2.40. The van der Waals surface area contributed by atoms with E-state index in [4.69, 9.17) is 4.52 Å². The van der Waals surface area contributed by atoms with Gasteiger partial charge in [-0.2, -0.15) is 4.98 Å². The van der Waals surface area contributed by atoms with Crippen molar-refractivity contribution in [3.8, 4) is 0 Å². The third-order valence-corrected chi connectivity index (χ3v) is 4.18. The van der Waals surface area contributed by atoms with Crippen molar-refractivity contribution in [1.82, 2.24) is 20.4 Å². The van der Waals surface area contributed by atoms with Gasteiger partial charge in [0.2, 0.25) is 5.89 Å². The van der Waals surface area contributed by atoms with E-state index < -0.39 is 11.6 Å². The van der Waals surface area contributed by atoms with Crippen LogP contribution in [0.2, 0.25) is 0 Å². The van der Waals surface area contributed by atoms with Crippen molar-refractivity contribution in [2.45, 2.75) is 45.7 Å². The molecule has 3 rings (SSSR count). The van der Waals surface area contributed by atoms with E-state index >= 15 is 0 Å². The highest BCUT2D eigenvalue weighted by molar-refractivity contribution is 6.07. The Morgan fingerprint density at radius 2 is 1.92 bits per heavy atom. The minimum absolute atomic E-state index is 0.0116. The summed E-state index contributed by atoms with van der Waals surface area (Å²) < 4.78 is 5.13. The normalized spacial score (nSPS) is 20.8. The molecule has 1 aliphatic heterocycles. The summed E-state index contributed by atoms with van der Waals surface area (Å²) in [7, 11) is 0. The Morgan fingerprint density at radius 3 is 2.50 bits per heavy atom. The van der Waals surface area contributed by atoms with Crippen LogP contribution in [0.5, 0.6) is 0 Å². The first-order valence-electron chi connectivity index (χ1n) is 7.85. The minimum atomic E-state index is -1.09. The van der Waals surface area contributed by atoms with E-state index in [1.807, 2.05) is 45.0 Å². The summed E-state index contributed by atoms with van der Waals surface area (Å²) in [4.78, 5) is 30.5. The first-order valence-corrected chi connectivity index (χ1v) is 7.85. The topological polar surface area (TPSA) is 88.3 Å². The number of benzene rings is 1. The number of aryl methyl sites for hydroxylation is 1. The molecule has 3 amide bonds. The standard InChI is InChI=1S/C17H20N4O3/c1-10(2)14-18-13(20-24-14)9-21-15(22)17(4,19-16(21)23)12-7-5-11(3)6-8-12/h5-8,10H,9H2,1-4H3,(H,19,23). The number of amides is 3. The molecule has 0 bridgehead atoms. The number of hydrogen-bond acceptors (Lipinski definition) is 5. The Hall–Kier alpha value is -2.70. The van der Waals surface area contributed by atoms with Crippen molar-refractivity contribution in [3.05, 3.63) is 47.1 Å². The Labute approximate surface area is 140 Å². The molecule has 1 fully saturated rings. The van der Waals surface area contributed by atoms with Gasteiger partial charge in [0.05, 0.1) is 6.54 Å². The van der Waals surface area contributed by atoms with Crippen LogP contribution in [0.1, 0.15) is 49.5 Å². The maximum Gasteiger partial charge on any atom is 0.325 e. The van der Waals surface area contributed by atoms with E-state index in [9.17, 15) is 9.59 Å². The maximum atomic E-state index is 12.8. The highest BCUT2D eigenvalue weighted by atomic mass is 16.5. The smallest absolute Gasteiger partial charge is 0.325 e. The summed E-state index contributed by atoms with van der Waals surface area (Å²) in [6.07, 6.45) is 0. The van der Waals surface area contributed by atoms with Gasteiger partial charge in [0.1, 0.15) is 5.54 Å². The van der Waals surface area contributed by atoms with Gasteiger partial charge in [0.25, 0.3) is 5.91 Å². The molecule has 7 nitrogen and oxygen atoms in total. The van der Waals surface area contributed by atoms with E-state index in [1.54, 1.807) is 6.92 Å². The summed E-state index contributed by atoms with van der Waals surface area (Å²) in [5.41, 5.74) is 0.740. The third-order valence-electron chi connectivity index (χ3n) is 4.18. The quantitative estimate of drug-likeness (QED) is 0.871. The monoisotopic (exact) mass is 328 g/mol. The molecule has 0 saturated carbocycles. The molecule has 1 aliphatic rings. The number of carbonyl (C=O) groups is 2. The number of nitrogens with zero attached hydrogens (tertiary/aromatic N) is 3. The molecule has 0 spiro atoms. The zero-order chi connectivity index (χ0) is 17.5. The molecule has 1 unspecified atom stereocenters. The molecule has 1 saturated heterocycles. The van der Waals surface area contributed by atoms with Crippen LogP contribution in [0.15, 0.2) is 28.8 Å². The number of hydrogen-bond donors (Lipinski definition) is 1. The molecule has 24 heavy (non-hydrogen) atoms. The van der Waals surface area contributed by atoms with Crippen LogP contribution in [-0.4, -0.2) is 27.0 Å². The second kappa shape index (κ2) is 5.74. The lowest BCUT2D eigenvalue weighted by atomic mass is 9.91. The van der Waals surface area contributed by atoms with E-state index in [0.29, 0.717) is 11.7 Å². The predicted octanol–water partition coefficient (Wildman–Crippen LogP) is 2.47. The molecule has 0 aliphatic carbocycles. The number of carbonyl (C=O) groups excluding carboxylic acids is 2. The van der Waals surface area contributed by atoms with Gasteiger partial charge in [-0.15, -0.1) is 0 Å².